The van der Waals surface area contributed by atoms with E-state index in [2.05, 4.69) is 0 Å². The lowest BCUT2D eigenvalue weighted by Gasteiger charge is -1.96. The van der Waals surface area contributed by atoms with Gasteiger partial charge in [0.1, 0.15) is 0 Å². The van der Waals surface area contributed by atoms with Gasteiger partial charge in [-0.3, -0.25) is 0 Å². The van der Waals surface area contributed by atoms with E-state index >= 15 is 0 Å². The third-order valence-electron chi connectivity index (χ3n) is 1.76. The van der Waals surface area contributed by atoms with Gasteiger partial charge < -0.3 is 4.57 Å². The molecule has 0 amide bonds. The Morgan fingerprint density at radius 3 is 2.92 bits per heavy atom. The molecule has 0 saturated heterocycles. The fraction of sp³-hybridized carbons (Fsp3) is 0.125. The van der Waals surface area contributed by atoms with Crippen molar-refractivity contribution in [3.63, 3.8) is 0 Å². The SMILES string of the molecule is Cn1c(=S)sc2cccc(Cl)c21. The predicted octanol–water partition coefficient (Wildman–Crippen LogP) is 3.62. The van der Waals surface area contributed by atoms with Gasteiger partial charge in [-0.2, -0.15) is 0 Å². The first-order valence-corrected chi connectivity index (χ1v) is 5.04. The number of hydrogen-bond donors (Lipinski definition) is 0. The molecule has 4 heteroatoms. The molecule has 0 atom stereocenters. The lowest BCUT2D eigenvalue weighted by atomic mass is 10.3. The van der Waals surface area contributed by atoms with Crippen LogP contribution in [-0.4, -0.2) is 4.57 Å². The molecule has 62 valence electrons. The van der Waals surface area contributed by atoms with E-state index in [1.54, 1.807) is 11.3 Å². The van der Waals surface area contributed by atoms with Gasteiger partial charge in [0.25, 0.3) is 0 Å². The summed E-state index contributed by atoms with van der Waals surface area (Å²) in [5.74, 6) is 0. The summed E-state index contributed by atoms with van der Waals surface area (Å²) in [5.41, 5.74) is 1.04. The average molecular weight is 216 g/mol. The Bertz CT molecular complexity index is 483. The molecule has 0 fully saturated rings. The van der Waals surface area contributed by atoms with Crippen LogP contribution in [0.1, 0.15) is 0 Å². The third-order valence-corrected chi connectivity index (χ3v) is 3.58. The number of aryl methyl sites for hydroxylation is 1. The van der Waals surface area contributed by atoms with Crippen molar-refractivity contribution in [2.45, 2.75) is 0 Å². The van der Waals surface area contributed by atoms with Gasteiger partial charge in [0.2, 0.25) is 0 Å². The minimum Gasteiger partial charge on any atom is -0.325 e. The summed E-state index contributed by atoms with van der Waals surface area (Å²) in [5, 5.41) is 0.766. The quantitative estimate of drug-likeness (QED) is 0.608. The van der Waals surface area contributed by atoms with E-state index in [1.165, 1.54) is 0 Å². The van der Waals surface area contributed by atoms with Gasteiger partial charge in [0.05, 0.1) is 15.2 Å². The molecule has 0 bridgehead atoms. The summed E-state index contributed by atoms with van der Waals surface area (Å²) in [6, 6.07) is 5.85. The van der Waals surface area contributed by atoms with Crippen LogP contribution < -0.4 is 0 Å². The van der Waals surface area contributed by atoms with E-state index in [9.17, 15) is 0 Å². The largest absolute Gasteiger partial charge is 0.325 e. The number of fused-ring (bicyclic) bond motifs is 1. The molecular formula is C8H6ClNS2. The molecule has 1 aromatic heterocycles. The van der Waals surface area contributed by atoms with E-state index in [4.69, 9.17) is 23.8 Å². The molecule has 0 aliphatic rings. The average Bonchev–Trinajstić information content (AvgIpc) is 2.29. The molecule has 12 heavy (non-hydrogen) atoms. The van der Waals surface area contributed by atoms with E-state index in [0.29, 0.717) is 0 Å². The smallest absolute Gasteiger partial charge is 0.161 e. The number of thiazole rings is 1. The molecule has 2 rings (SSSR count). The Hall–Kier alpha value is -0.380. The number of nitrogens with zero attached hydrogens (tertiary/aromatic N) is 1. The molecule has 0 N–H and O–H groups in total. The van der Waals surface area contributed by atoms with Crippen molar-refractivity contribution in [1.82, 2.24) is 4.57 Å². The van der Waals surface area contributed by atoms with Crippen molar-refractivity contribution >= 4 is 45.4 Å². The first-order valence-electron chi connectivity index (χ1n) is 3.44. The van der Waals surface area contributed by atoms with Crippen LogP contribution in [0, 0.1) is 3.95 Å². The highest BCUT2D eigenvalue weighted by Crippen LogP contribution is 2.27. The zero-order valence-corrected chi connectivity index (χ0v) is 8.76. The fourth-order valence-electron chi connectivity index (χ4n) is 1.16. The van der Waals surface area contributed by atoms with Gasteiger partial charge >= 0.3 is 0 Å². The molecule has 0 aliphatic carbocycles. The molecule has 2 aromatic rings. The Morgan fingerprint density at radius 1 is 1.50 bits per heavy atom. The van der Waals surface area contributed by atoms with Crippen LogP contribution in [0.3, 0.4) is 0 Å². The first kappa shape index (κ1) is 8.23. The van der Waals surface area contributed by atoms with E-state index in [1.807, 2.05) is 29.8 Å². The minimum absolute atomic E-state index is 0.766. The van der Waals surface area contributed by atoms with Crippen molar-refractivity contribution in [3.05, 3.63) is 27.2 Å². The maximum absolute atomic E-state index is 6.02. The second kappa shape index (κ2) is 2.83. The van der Waals surface area contributed by atoms with Gasteiger partial charge in [0, 0.05) is 7.05 Å². The Balaban J connectivity index is 3.07. The van der Waals surface area contributed by atoms with Crippen LogP contribution in [0.2, 0.25) is 5.02 Å². The van der Waals surface area contributed by atoms with Gasteiger partial charge in [-0.05, 0) is 24.4 Å². The van der Waals surface area contributed by atoms with E-state index in [0.717, 1.165) is 19.2 Å². The highest BCUT2D eigenvalue weighted by atomic mass is 35.5. The topological polar surface area (TPSA) is 4.93 Å². The maximum atomic E-state index is 6.02. The zero-order chi connectivity index (χ0) is 8.72. The van der Waals surface area contributed by atoms with Crippen LogP contribution in [-0.2, 0) is 7.05 Å². The summed E-state index contributed by atoms with van der Waals surface area (Å²) < 4.78 is 3.95. The van der Waals surface area contributed by atoms with Crippen LogP contribution in [0.15, 0.2) is 18.2 Å². The summed E-state index contributed by atoms with van der Waals surface area (Å²) in [6.45, 7) is 0. The molecule has 1 aromatic carbocycles. The van der Waals surface area contributed by atoms with Crippen LogP contribution in [0.5, 0.6) is 0 Å². The van der Waals surface area contributed by atoms with Crippen molar-refractivity contribution in [2.75, 3.05) is 0 Å². The summed E-state index contributed by atoms with van der Waals surface area (Å²) in [6.07, 6.45) is 0. The minimum atomic E-state index is 0.766. The highest BCUT2D eigenvalue weighted by Gasteiger charge is 2.03. The molecule has 0 unspecified atom stereocenters. The lowest BCUT2D eigenvalue weighted by molar-refractivity contribution is 0.964. The first-order chi connectivity index (χ1) is 5.70. The van der Waals surface area contributed by atoms with E-state index in [-0.39, 0.29) is 0 Å². The number of para-hydroxylation sites is 1. The lowest BCUT2D eigenvalue weighted by Crippen LogP contribution is -1.85. The van der Waals surface area contributed by atoms with Crippen molar-refractivity contribution in [2.24, 2.45) is 7.05 Å². The third kappa shape index (κ3) is 1.09. The highest BCUT2D eigenvalue weighted by molar-refractivity contribution is 7.73. The van der Waals surface area contributed by atoms with Crippen molar-refractivity contribution < 1.29 is 0 Å². The second-order valence-corrected chi connectivity index (χ2v) is 4.60. The molecule has 1 heterocycles. The van der Waals surface area contributed by atoms with Crippen LogP contribution in [0.4, 0.5) is 0 Å². The second-order valence-electron chi connectivity index (χ2n) is 2.51. The number of hydrogen-bond acceptors (Lipinski definition) is 2. The number of rotatable bonds is 0. The maximum Gasteiger partial charge on any atom is 0.161 e. The Morgan fingerprint density at radius 2 is 2.25 bits per heavy atom. The van der Waals surface area contributed by atoms with Crippen LogP contribution in [0.25, 0.3) is 10.2 Å². The number of benzene rings is 1. The van der Waals surface area contributed by atoms with E-state index < -0.39 is 0 Å². The molecule has 0 aliphatic heterocycles. The normalized spacial score (nSPS) is 10.8. The zero-order valence-electron chi connectivity index (χ0n) is 6.37. The molecule has 0 saturated carbocycles. The van der Waals surface area contributed by atoms with Crippen molar-refractivity contribution in [3.8, 4) is 0 Å². The number of aromatic nitrogens is 1. The molecule has 0 spiro atoms. The van der Waals surface area contributed by atoms with Gasteiger partial charge in [-0.15, -0.1) is 11.3 Å². The predicted molar refractivity (Wildman–Crippen MR) is 56.6 cm³/mol. The molecule has 0 radical (unpaired) electrons. The van der Waals surface area contributed by atoms with Gasteiger partial charge in [-0.1, -0.05) is 17.7 Å². The van der Waals surface area contributed by atoms with Gasteiger partial charge in [0.15, 0.2) is 3.95 Å². The summed E-state index contributed by atoms with van der Waals surface area (Å²) in [7, 11) is 1.94. The number of halogens is 1. The summed E-state index contributed by atoms with van der Waals surface area (Å²) in [4.78, 5) is 0. The Kier molecular flexibility index (Phi) is 1.94. The monoisotopic (exact) mass is 215 g/mol. The van der Waals surface area contributed by atoms with Crippen molar-refractivity contribution in [1.29, 1.82) is 0 Å². The fourth-order valence-corrected chi connectivity index (χ4v) is 2.78. The Labute approximate surface area is 84.2 Å². The standard InChI is InChI=1S/C8H6ClNS2/c1-10-7-5(9)3-2-4-6(7)12-8(10)11/h2-4H,1H3. The summed E-state index contributed by atoms with van der Waals surface area (Å²) >= 11 is 12.7. The van der Waals surface area contributed by atoms with Crippen LogP contribution >= 0.6 is 35.2 Å². The van der Waals surface area contributed by atoms with Gasteiger partial charge in [-0.25, -0.2) is 0 Å². The molecule has 1 nitrogen and oxygen atoms in total. The molecular weight excluding hydrogens is 210 g/mol.